The van der Waals surface area contributed by atoms with Crippen LogP contribution in [0.4, 0.5) is 14.9 Å². The number of fused-ring (bicyclic) bond motifs is 1. The molecule has 29 heavy (non-hydrogen) atoms. The average Bonchev–Trinajstić information content (AvgIpc) is 2.70. The number of carbonyl (C=O) groups is 2. The van der Waals surface area contributed by atoms with E-state index in [2.05, 4.69) is 10.3 Å². The number of aryl methyl sites for hydroxylation is 1. The minimum atomic E-state index is -0.390. The van der Waals surface area contributed by atoms with Gasteiger partial charge < -0.3 is 14.8 Å². The highest BCUT2D eigenvalue weighted by Crippen LogP contribution is 2.28. The summed E-state index contributed by atoms with van der Waals surface area (Å²) in [5.41, 5.74) is 2.62. The van der Waals surface area contributed by atoms with Crippen molar-refractivity contribution in [1.29, 1.82) is 0 Å². The third kappa shape index (κ3) is 4.22. The summed E-state index contributed by atoms with van der Waals surface area (Å²) in [4.78, 5) is 31.1. The van der Waals surface area contributed by atoms with Gasteiger partial charge in [0.1, 0.15) is 5.82 Å². The molecule has 0 aliphatic carbocycles. The predicted molar refractivity (Wildman–Crippen MR) is 103 cm³/mol. The number of hydrogen-bond donors (Lipinski definition) is 1. The number of nitrogens with zero attached hydrogens (tertiary/aromatic N) is 2. The molecule has 1 aromatic heterocycles. The van der Waals surface area contributed by atoms with Crippen molar-refractivity contribution in [1.82, 2.24) is 10.3 Å². The van der Waals surface area contributed by atoms with E-state index in [0.29, 0.717) is 31.0 Å². The number of hydrogen-bond acceptors (Lipinski definition) is 5. The van der Waals surface area contributed by atoms with E-state index in [1.165, 1.54) is 24.3 Å². The van der Waals surface area contributed by atoms with Gasteiger partial charge in [0, 0.05) is 12.1 Å². The van der Waals surface area contributed by atoms with Crippen LogP contribution in [0.3, 0.4) is 0 Å². The number of aromatic nitrogens is 1. The fourth-order valence-electron chi connectivity index (χ4n) is 3.34. The van der Waals surface area contributed by atoms with Crippen molar-refractivity contribution in [2.75, 3.05) is 24.7 Å². The van der Waals surface area contributed by atoms with Gasteiger partial charge in [0.2, 0.25) is 0 Å². The number of carbonyl (C=O) groups excluding carboxylic acids is 2. The van der Waals surface area contributed by atoms with E-state index in [1.807, 2.05) is 13.0 Å². The molecule has 152 valence electrons. The molecule has 0 saturated carbocycles. The maximum absolute atomic E-state index is 13.0. The Bertz CT molecular complexity index is 915. The van der Waals surface area contributed by atoms with E-state index >= 15 is 0 Å². The van der Waals surface area contributed by atoms with Crippen LogP contribution in [0.15, 0.2) is 36.4 Å². The number of anilines is 1. The number of halogens is 1. The molecule has 1 fully saturated rings. The molecule has 0 radical (unpaired) electrons. The van der Waals surface area contributed by atoms with Crippen molar-refractivity contribution in [2.24, 2.45) is 0 Å². The summed E-state index contributed by atoms with van der Waals surface area (Å²) in [6.07, 6.45) is 0.974. The number of nitrogens with one attached hydrogen (secondary N) is 1. The lowest BCUT2D eigenvalue weighted by Crippen LogP contribution is -2.44. The van der Waals surface area contributed by atoms with Gasteiger partial charge in [-0.05, 0) is 56.2 Å². The van der Waals surface area contributed by atoms with Gasteiger partial charge >= 0.3 is 6.09 Å². The lowest BCUT2D eigenvalue weighted by Gasteiger charge is -2.32. The van der Waals surface area contributed by atoms with E-state index < -0.39 is 0 Å². The van der Waals surface area contributed by atoms with Gasteiger partial charge in [0.05, 0.1) is 36.3 Å². The highest BCUT2D eigenvalue weighted by Gasteiger charge is 2.30. The van der Waals surface area contributed by atoms with Gasteiger partial charge in [0.25, 0.3) is 5.91 Å². The summed E-state index contributed by atoms with van der Waals surface area (Å²) in [7, 11) is 0. The van der Waals surface area contributed by atoms with Crippen molar-refractivity contribution < 1.29 is 23.5 Å². The molecule has 2 aliphatic rings. The first-order chi connectivity index (χ1) is 14.0. The van der Waals surface area contributed by atoms with Gasteiger partial charge in [-0.2, -0.15) is 0 Å². The van der Waals surface area contributed by atoms with Crippen LogP contribution in [0.25, 0.3) is 0 Å². The van der Waals surface area contributed by atoms with Crippen LogP contribution < -0.4 is 10.2 Å². The molecule has 0 unspecified atom stereocenters. The van der Waals surface area contributed by atoms with Crippen LogP contribution in [0.1, 0.15) is 41.1 Å². The Morgan fingerprint density at radius 2 is 2.00 bits per heavy atom. The number of amides is 2. The minimum absolute atomic E-state index is 0.179. The Labute approximate surface area is 167 Å². The average molecular weight is 399 g/mol. The van der Waals surface area contributed by atoms with E-state index in [1.54, 1.807) is 11.0 Å². The second-order valence-electron chi connectivity index (χ2n) is 7.20. The van der Waals surface area contributed by atoms with E-state index in [4.69, 9.17) is 9.47 Å². The molecule has 1 N–H and O–H groups in total. The first-order valence-electron chi connectivity index (χ1n) is 9.63. The number of benzene rings is 1. The van der Waals surface area contributed by atoms with Gasteiger partial charge in [0.15, 0.2) is 6.10 Å². The summed E-state index contributed by atoms with van der Waals surface area (Å²) >= 11 is 0. The second-order valence-corrected chi connectivity index (χ2v) is 7.20. The monoisotopic (exact) mass is 399 g/mol. The first kappa shape index (κ1) is 19.3. The van der Waals surface area contributed by atoms with E-state index in [-0.39, 0.29) is 30.0 Å². The molecular weight excluding hydrogens is 377 g/mol. The summed E-state index contributed by atoms with van der Waals surface area (Å²) in [5.74, 6) is -0.691. The fourth-order valence-corrected chi connectivity index (χ4v) is 3.34. The molecule has 1 saturated heterocycles. The molecule has 2 amide bonds. The molecule has 1 aromatic carbocycles. The Kier molecular flexibility index (Phi) is 5.44. The molecule has 1 atom stereocenters. The lowest BCUT2D eigenvalue weighted by molar-refractivity contribution is -0.0965. The van der Waals surface area contributed by atoms with Crippen molar-refractivity contribution in [3.63, 3.8) is 0 Å². The fraction of sp³-hybridized carbons (Fsp3) is 0.381. The molecule has 2 aliphatic heterocycles. The third-order valence-corrected chi connectivity index (χ3v) is 5.05. The van der Waals surface area contributed by atoms with Crippen LogP contribution in [0.2, 0.25) is 0 Å². The van der Waals surface area contributed by atoms with Gasteiger partial charge in [-0.1, -0.05) is 0 Å². The zero-order valence-electron chi connectivity index (χ0n) is 16.1. The smallest absolute Gasteiger partial charge is 0.414 e. The van der Waals surface area contributed by atoms with Crippen LogP contribution in [-0.4, -0.2) is 42.8 Å². The molecule has 8 heteroatoms. The van der Waals surface area contributed by atoms with Crippen molar-refractivity contribution in [3.05, 3.63) is 59.2 Å². The van der Waals surface area contributed by atoms with Crippen LogP contribution in [0, 0.1) is 5.82 Å². The summed E-state index contributed by atoms with van der Waals surface area (Å²) in [6, 6.07) is 8.68. The Hall–Kier alpha value is -3.00. The van der Waals surface area contributed by atoms with Gasteiger partial charge in [-0.15, -0.1) is 0 Å². The third-order valence-electron chi connectivity index (χ3n) is 5.05. The highest BCUT2D eigenvalue weighted by atomic mass is 19.1. The SMILES string of the molecule is C[C@@H](NC(=O)c1ccc(F)cc1)c1ccc2c(n1)CCCN2C(=O)OC1COC1. The molecule has 2 aromatic rings. The maximum atomic E-state index is 13.0. The maximum Gasteiger partial charge on any atom is 0.414 e. The van der Waals surface area contributed by atoms with Crippen molar-refractivity contribution >= 4 is 17.7 Å². The summed E-state index contributed by atoms with van der Waals surface area (Å²) in [5, 5.41) is 2.87. The number of ether oxygens (including phenoxy) is 2. The van der Waals surface area contributed by atoms with Gasteiger partial charge in [-0.25, -0.2) is 9.18 Å². The lowest BCUT2D eigenvalue weighted by atomic mass is 10.1. The normalized spacial score (nSPS) is 17.1. The Morgan fingerprint density at radius 3 is 2.69 bits per heavy atom. The van der Waals surface area contributed by atoms with Crippen molar-refractivity contribution in [2.45, 2.75) is 31.9 Å². The summed E-state index contributed by atoms with van der Waals surface area (Å²) in [6.45, 7) is 3.29. The molecular formula is C21H22FN3O4. The zero-order valence-corrected chi connectivity index (χ0v) is 16.1. The second kappa shape index (κ2) is 8.16. The minimum Gasteiger partial charge on any atom is -0.441 e. The van der Waals surface area contributed by atoms with Crippen molar-refractivity contribution in [3.8, 4) is 0 Å². The zero-order chi connectivity index (χ0) is 20.4. The Balaban J connectivity index is 1.46. The first-order valence-corrected chi connectivity index (χ1v) is 9.63. The van der Waals surface area contributed by atoms with E-state index in [0.717, 1.165) is 24.2 Å². The largest absolute Gasteiger partial charge is 0.441 e. The van der Waals surface area contributed by atoms with E-state index in [9.17, 15) is 14.0 Å². The highest BCUT2D eigenvalue weighted by molar-refractivity contribution is 5.94. The summed E-state index contributed by atoms with van der Waals surface area (Å²) < 4.78 is 23.5. The molecule has 3 heterocycles. The molecule has 0 spiro atoms. The molecule has 4 rings (SSSR count). The van der Waals surface area contributed by atoms with Crippen LogP contribution in [-0.2, 0) is 15.9 Å². The topological polar surface area (TPSA) is 80.8 Å². The van der Waals surface area contributed by atoms with Crippen LogP contribution >= 0.6 is 0 Å². The van der Waals surface area contributed by atoms with Gasteiger partial charge in [-0.3, -0.25) is 14.7 Å². The Morgan fingerprint density at radius 1 is 1.24 bits per heavy atom. The number of pyridine rings is 1. The predicted octanol–water partition coefficient (Wildman–Crippen LogP) is 3.00. The molecule has 7 nitrogen and oxygen atoms in total. The molecule has 0 bridgehead atoms. The number of rotatable bonds is 4. The standard InChI is InChI=1S/C21H22FN3O4/c1-13(23-20(26)14-4-6-15(22)7-5-14)17-8-9-19-18(24-17)3-2-10-25(19)21(27)29-16-11-28-12-16/h4-9,13,16H,2-3,10-12H2,1H3,(H,23,26)/t13-/m1/s1. The van der Waals surface area contributed by atoms with Crippen LogP contribution in [0.5, 0.6) is 0 Å². The quantitative estimate of drug-likeness (QED) is 0.855.